The maximum atomic E-state index is 4.08. The molecule has 3 heteroatoms. The second kappa shape index (κ2) is 6.68. The van der Waals surface area contributed by atoms with Crippen molar-refractivity contribution in [3.8, 4) is 0 Å². The van der Waals surface area contributed by atoms with Crippen LogP contribution in [0.3, 0.4) is 0 Å². The van der Waals surface area contributed by atoms with Crippen molar-refractivity contribution >= 4 is 0 Å². The molecule has 0 aromatic carbocycles. The Kier molecular flexibility index (Phi) is 5.17. The van der Waals surface area contributed by atoms with Gasteiger partial charge >= 0.3 is 0 Å². The van der Waals surface area contributed by atoms with E-state index in [0.29, 0.717) is 11.5 Å². The van der Waals surface area contributed by atoms with Crippen LogP contribution < -0.4 is 5.32 Å². The summed E-state index contributed by atoms with van der Waals surface area (Å²) in [5.74, 6) is 0.746. The Balaban J connectivity index is 1.92. The van der Waals surface area contributed by atoms with Crippen molar-refractivity contribution in [1.82, 2.24) is 15.2 Å². The summed E-state index contributed by atoms with van der Waals surface area (Å²) in [6, 6.07) is 4.89. The van der Waals surface area contributed by atoms with Gasteiger partial charge in [0, 0.05) is 31.5 Å². The lowest BCUT2D eigenvalue weighted by Gasteiger charge is -2.42. The molecule has 1 aromatic rings. The fourth-order valence-electron chi connectivity index (χ4n) is 3.57. The van der Waals surface area contributed by atoms with Crippen LogP contribution in [0.1, 0.15) is 38.7 Å². The predicted octanol–water partition coefficient (Wildman–Crippen LogP) is 2.93. The topological polar surface area (TPSA) is 28.2 Å². The number of hydrogen-bond donors (Lipinski definition) is 1. The number of nitrogens with one attached hydrogen (secondary N) is 1. The normalized spacial score (nSPS) is 25.9. The van der Waals surface area contributed by atoms with Crippen molar-refractivity contribution in [3.63, 3.8) is 0 Å². The Morgan fingerprint density at radius 3 is 2.70 bits per heavy atom. The average Bonchev–Trinajstić information content (AvgIpc) is 2.39. The molecular formula is C17H29N3. The van der Waals surface area contributed by atoms with Crippen molar-refractivity contribution in [2.24, 2.45) is 11.3 Å². The van der Waals surface area contributed by atoms with Crippen LogP contribution >= 0.6 is 0 Å². The third kappa shape index (κ3) is 4.29. The quantitative estimate of drug-likeness (QED) is 0.895. The van der Waals surface area contributed by atoms with E-state index in [9.17, 15) is 0 Å². The van der Waals surface area contributed by atoms with Crippen LogP contribution in [-0.4, -0.2) is 36.6 Å². The highest BCUT2D eigenvalue weighted by Crippen LogP contribution is 2.38. The molecule has 112 valence electrons. The van der Waals surface area contributed by atoms with Crippen LogP contribution in [0.4, 0.5) is 0 Å². The number of aromatic nitrogens is 1. The van der Waals surface area contributed by atoms with Crippen LogP contribution in [0.5, 0.6) is 0 Å². The molecule has 0 spiro atoms. The third-order valence-electron chi connectivity index (χ3n) is 4.63. The Labute approximate surface area is 123 Å². The minimum absolute atomic E-state index is 0.496. The van der Waals surface area contributed by atoms with Crippen molar-refractivity contribution < 1.29 is 0 Å². The SMILES string of the molecule is CNC1CCC(C)(C)CC1CN(C)Cc1ccncc1. The predicted molar refractivity (Wildman–Crippen MR) is 84.5 cm³/mol. The zero-order valence-electron chi connectivity index (χ0n) is 13.4. The van der Waals surface area contributed by atoms with Crippen molar-refractivity contribution in [2.75, 3.05) is 20.6 Å². The van der Waals surface area contributed by atoms with Crippen LogP contribution in [0.15, 0.2) is 24.5 Å². The van der Waals surface area contributed by atoms with Crippen molar-refractivity contribution in [2.45, 2.75) is 45.7 Å². The highest BCUT2D eigenvalue weighted by Gasteiger charge is 2.34. The van der Waals surface area contributed by atoms with Gasteiger partial charge in [-0.3, -0.25) is 4.98 Å². The maximum absolute atomic E-state index is 4.08. The van der Waals surface area contributed by atoms with Gasteiger partial charge in [0.1, 0.15) is 0 Å². The van der Waals surface area contributed by atoms with Gasteiger partial charge in [-0.1, -0.05) is 13.8 Å². The maximum Gasteiger partial charge on any atom is 0.0271 e. The minimum Gasteiger partial charge on any atom is -0.317 e. The second-order valence-electron chi connectivity index (χ2n) is 7.11. The van der Waals surface area contributed by atoms with E-state index in [4.69, 9.17) is 0 Å². The molecule has 0 bridgehead atoms. The molecule has 2 rings (SSSR count). The summed E-state index contributed by atoms with van der Waals surface area (Å²) in [4.78, 5) is 6.53. The van der Waals surface area contributed by atoms with Crippen LogP contribution in [0.2, 0.25) is 0 Å². The van der Waals surface area contributed by atoms with Gasteiger partial charge in [-0.2, -0.15) is 0 Å². The number of nitrogens with zero attached hydrogens (tertiary/aromatic N) is 2. The highest BCUT2D eigenvalue weighted by molar-refractivity contribution is 5.09. The molecule has 0 aliphatic heterocycles. The van der Waals surface area contributed by atoms with Gasteiger partial charge in [-0.15, -0.1) is 0 Å². The first-order valence-electron chi connectivity index (χ1n) is 7.75. The van der Waals surface area contributed by atoms with E-state index in [0.717, 1.165) is 19.0 Å². The Morgan fingerprint density at radius 1 is 1.35 bits per heavy atom. The lowest BCUT2D eigenvalue weighted by molar-refractivity contribution is 0.110. The van der Waals surface area contributed by atoms with Crippen LogP contribution in [0, 0.1) is 11.3 Å². The number of hydrogen-bond acceptors (Lipinski definition) is 3. The average molecular weight is 275 g/mol. The molecule has 3 nitrogen and oxygen atoms in total. The molecule has 0 radical (unpaired) electrons. The third-order valence-corrected chi connectivity index (χ3v) is 4.63. The molecule has 1 aromatic heterocycles. The van der Waals surface area contributed by atoms with E-state index in [2.05, 4.69) is 55.3 Å². The van der Waals surface area contributed by atoms with Crippen LogP contribution in [-0.2, 0) is 6.54 Å². The molecule has 1 aliphatic rings. The summed E-state index contributed by atoms with van der Waals surface area (Å²) < 4.78 is 0. The summed E-state index contributed by atoms with van der Waals surface area (Å²) in [5.41, 5.74) is 1.84. The fraction of sp³-hybridized carbons (Fsp3) is 0.706. The van der Waals surface area contributed by atoms with E-state index >= 15 is 0 Å². The molecule has 1 aliphatic carbocycles. The number of rotatable bonds is 5. The molecule has 1 N–H and O–H groups in total. The van der Waals surface area contributed by atoms with Crippen molar-refractivity contribution in [3.05, 3.63) is 30.1 Å². The molecule has 0 saturated heterocycles. The van der Waals surface area contributed by atoms with E-state index in [-0.39, 0.29) is 0 Å². The van der Waals surface area contributed by atoms with Gasteiger partial charge in [0.2, 0.25) is 0 Å². The highest BCUT2D eigenvalue weighted by atomic mass is 15.1. The van der Waals surface area contributed by atoms with E-state index < -0.39 is 0 Å². The lowest BCUT2D eigenvalue weighted by Crippen LogP contribution is -2.45. The fourth-order valence-corrected chi connectivity index (χ4v) is 3.57. The summed E-state index contributed by atoms with van der Waals surface area (Å²) in [6.07, 6.45) is 7.71. The molecule has 2 unspecified atom stereocenters. The minimum atomic E-state index is 0.496. The molecule has 1 heterocycles. The zero-order chi connectivity index (χ0) is 14.6. The molecule has 20 heavy (non-hydrogen) atoms. The monoisotopic (exact) mass is 275 g/mol. The first-order valence-corrected chi connectivity index (χ1v) is 7.75. The lowest BCUT2D eigenvalue weighted by atomic mass is 9.69. The molecular weight excluding hydrogens is 246 g/mol. The van der Waals surface area contributed by atoms with E-state index in [1.54, 1.807) is 0 Å². The number of pyridine rings is 1. The van der Waals surface area contributed by atoms with Gasteiger partial charge in [0.25, 0.3) is 0 Å². The van der Waals surface area contributed by atoms with Crippen LogP contribution in [0.25, 0.3) is 0 Å². The first-order chi connectivity index (χ1) is 9.50. The molecule has 0 amide bonds. The van der Waals surface area contributed by atoms with Crippen molar-refractivity contribution in [1.29, 1.82) is 0 Å². The zero-order valence-corrected chi connectivity index (χ0v) is 13.4. The van der Waals surface area contributed by atoms with E-state index in [1.165, 1.54) is 24.8 Å². The van der Waals surface area contributed by atoms with Gasteiger partial charge in [-0.05, 0) is 62.4 Å². The standard InChI is InChI=1S/C17H29N3/c1-17(2)8-5-16(18-3)15(11-17)13-20(4)12-14-6-9-19-10-7-14/h6-7,9-10,15-16,18H,5,8,11-13H2,1-4H3. The van der Waals surface area contributed by atoms with Gasteiger partial charge in [0.05, 0.1) is 0 Å². The molecule has 2 atom stereocenters. The van der Waals surface area contributed by atoms with Gasteiger partial charge in [0.15, 0.2) is 0 Å². The smallest absolute Gasteiger partial charge is 0.0271 e. The summed E-state index contributed by atoms with van der Waals surface area (Å²) in [5, 5.41) is 3.52. The molecule has 1 fully saturated rings. The summed E-state index contributed by atoms with van der Waals surface area (Å²) in [7, 11) is 4.34. The summed E-state index contributed by atoms with van der Waals surface area (Å²) in [6.45, 7) is 7.00. The Hall–Kier alpha value is -0.930. The Morgan fingerprint density at radius 2 is 2.05 bits per heavy atom. The largest absolute Gasteiger partial charge is 0.317 e. The summed E-state index contributed by atoms with van der Waals surface area (Å²) >= 11 is 0. The van der Waals surface area contributed by atoms with Gasteiger partial charge < -0.3 is 10.2 Å². The van der Waals surface area contributed by atoms with Gasteiger partial charge in [-0.25, -0.2) is 0 Å². The Bertz CT molecular complexity index is 402. The first kappa shape index (κ1) is 15.5. The van der Waals surface area contributed by atoms with E-state index in [1.807, 2.05) is 12.4 Å². The molecule has 1 saturated carbocycles. The second-order valence-corrected chi connectivity index (χ2v) is 7.11.